The van der Waals surface area contributed by atoms with Gasteiger partial charge in [-0.2, -0.15) is 5.26 Å². The minimum atomic E-state index is -0.526. The Balaban J connectivity index is 2.48. The summed E-state index contributed by atoms with van der Waals surface area (Å²) in [6.07, 6.45) is 1.41. The van der Waals surface area contributed by atoms with Crippen LogP contribution in [-0.4, -0.2) is 10.0 Å². The molecule has 0 aliphatic carbocycles. The molecule has 0 heterocycles. The molecule has 0 amide bonds. The van der Waals surface area contributed by atoms with Crippen molar-refractivity contribution in [1.29, 1.82) is 5.26 Å². The highest BCUT2D eigenvalue weighted by atomic mass is 35.5. The molecule has 0 aromatic heterocycles. The molecule has 0 spiro atoms. The fourth-order valence-corrected chi connectivity index (χ4v) is 2.30. The van der Waals surface area contributed by atoms with Crippen molar-refractivity contribution in [3.63, 3.8) is 0 Å². The monoisotopic (exact) mass is 334 g/mol. The zero-order valence-corrected chi connectivity index (χ0v) is 12.5. The van der Waals surface area contributed by atoms with Crippen LogP contribution in [0.25, 0.3) is 11.6 Å². The van der Waals surface area contributed by atoms with E-state index < -0.39 is 4.92 Å². The number of aromatic hydroxyl groups is 1. The number of non-ortho nitro benzene ring substituents is 1. The molecule has 0 saturated heterocycles. The Morgan fingerprint density at radius 3 is 2.45 bits per heavy atom. The maximum Gasteiger partial charge on any atom is 0.269 e. The summed E-state index contributed by atoms with van der Waals surface area (Å²) >= 11 is 11.7. The van der Waals surface area contributed by atoms with Gasteiger partial charge in [-0.05, 0) is 35.9 Å². The summed E-state index contributed by atoms with van der Waals surface area (Å²) in [4.78, 5) is 10.1. The van der Waals surface area contributed by atoms with E-state index in [1.165, 1.54) is 42.5 Å². The van der Waals surface area contributed by atoms with Crippen LogP contribution in [0.3, 0.4) is 0 Å². The fourth-order valence-electron chi connectivity index (χ4n) is 1.79. The first-order valence-corrected chi connectivity index (χ1v) is 6.72. The number of hydrogen-bond donors (Lipinski definition) is 1. The largest absolute Gasteiger partial charge is 0.506 e. The molecule has 0 atom stereocenters. The van der Waals surface area contributed by atoms with E-state index in [0.29, 0.717) is 10.6 Å². The summed E-state index contributed by atoms with van der Waals surface area (Å²) in [5.74, 6) is -0.194. The van der Waals surface area contributed by atoms with Crippen LogP contribution in [0.5, 0.6) is 5.75 Å². The topological polar surface area (TPSA) is 87.2 Å². The third-order valence-corrected chi connectivity index (χ3v) is 3.37. The number of benzene rings is 2. The predicted molar refractivity (Wildman–Crippen MR) is 84.7 cm³/mol. The number of nitro benzene ring substituents is 1. The standard InChI is InChI=1S/C15H8Cl2N2O3/c16-12-6-10(15(20)14(17)7-12)5-11(8-18)9-1-3-13(4-2-9)19(21)22/h1-7,20H. The second-order valence-corrected chi connectivity index (χ2v) is 5.14. The highest BCUT2D eigenvalue weighted by molar-refractivity contribution is 6.35. The highest BCUT2D eigenvalue weighted by Crippen LogP contribution is 2.33. The zero-order chi connectivity index (χ0) is 16.3. The molecular weight excluding hydrogens is 327 g/mol. The Morgan fingerprint density at radius 2 is 1.91 bits per heavy atom. The Hall–Kier alpha value is -2.55. The van der Waals surface area contributed by atoms with Gasteiger partial charge in [0.15, 0.2) is 0 Å². The van der Waals surface area contributed by atoms with Crippen molar-refractivity contribution >= 4 is 40.5 Å². The van der Waals surface area contributed by atoms with Crippen molar-refractivity contribution in [2.45, 2.75) is 0 Å². The smallest absolute Gasteiger partial charge is 0.269 e. The minimum Gasteiger partial charge on any atom is -0.506 e. The van der Waals surface area contributed by atoms with E-state index in [1.54, 1.807) is 0 Å². The number of allylic oxidation sites excluding steroid dienone is 1. The molecule has 0 aliphatic heterocycles. The van der Waals surface area contributed by atoms with Gasteiger partial charge in [0, 0.05) is 22.7 Å². The van der Waals surface area contributed by atoms with E-state index in [2.05, 4.69) is 0 Å². The fraction of sp³-hybridized carbons (Fsp3) is 0. The lowest BCUT2D eigenvalue weighted by Gasteiger charge is -2.04. The second kappa shape index (κ2) is 6.48. The number of nitro groups is 1. The van der Waals surface area contributed by atoms with E-state index in [4.69, 9.17) is 23.2 Å². The quantitative estimate of drug-likeness (QED) is 0.382. The number of rotatable bonds is 3. The van der Waals surface area contributed by atoms with Crippen molar-refractivity contribution in [2.75, 3.05) is 0 Å². The van der Waals surface area contributed by atoms with Crippen LogP contribution in [0.2, 0.25) is 10.0 Å². The normalized spacial score (nSPS) is 11.0. The van der Waals surface area contributed by atoms with Gasteiger partial charge in [-0.1, -0.05) is 23.2 Å². The van der Waals surface area contributed by atoms with Crippen LogP contribution in [-0.2, 0) is 0 Å². The number of nitrogens with zero attached hydrogens (tertiary/aromatic N) is 2. The van der Waals surface area contributed by atoms with Gasteiger partial charge in [-0.15, -0.1) is 0 Å². The number of halogens is 2. The third kappa shape index (κ3) is 3.37. The van der Waals surface area contributed by atoms with Crippen LogP contribution >= 0.6 is 23.2 Å². The van der Waals surface area contributed by atoms with Gasteiger partial charge in [-0.25, -0.2) is 0 Å². The second-order valence-electron chi connectivity index (χ2n) is 4.30. The molecule has 1 N–H and O–H groups in total. The van der Waals surface area contributed by atoms with Gasteiger partial charge in [-0.3, -0.25) is 10.1 Å². The molecule has 110 valence electrons. The van der Waals surface area contributed by atoms with Crippen molar-refractivity contribution in [3.05, 3.63) is 67.7 Å². The molecule has 0 aliphatic rings. The Labute approximate surface area is 135 Å². The van der Waals surface area contributed by atoms with Crippen LogP contribution in [0.1, 0.15) is 11.1 Å². The van der Waals surface area contributed by atoms with Crippen molar-refractivity contribution < 1.29 is 10.0 Å². The van der Waals surface area contributed by atoms with Crippen molar-refractivity contribution in [3.8, 4) is 11.8 Å². The number of nitriles is 1. The summed E-state index contributed by atoms with van der Waals surface area (Å²) in [5, 5.41) is 30.2. The molecule has 2 aromatic rings. The average Bonchev–Trinajstić information content (AvgIpc) is 2.49. The van der Waals surface area contributed by atoms with E-state index >= 15 is 0 Å². The lowest BCUT2D eigenvalue weighted by molar-refractivity contribution is -0.384. The molecule has 2 aromatic carbocycles. The molecule has 0 fully saturated rings. The summed E-state index contributed by atoms with van der Waals surface area (Å²) in [5.41, 5.74) is 0.897. The van der Waals surface area contributed by atoms with Gasteiger partial charge < -0.3 is 5.11 Å². The SMILES string of the molecule is N#CC(=Cc1cc(Cl)cc(Cl)c1O)c1ccc([N+](=O)[O-])cc1. The van der Waals surface area contributed by atoms with Crippen molar-refractivity contribution in [1.82, 2.24) is 0 Å². The van der Waals surface area contributed by atoms with E-state index in [0.717, 1.165) is 0 Å². The minimum absolute atomic E-state index is 0.0692. The maximum atomic E-state index is 10.6. The van der Waals surface area contributed by atoms with Gasteiger partial charge in [0.25, 0.3) is 5.69 Å². The van der Waals surface area contributed by atoms with E-state index in [9.17, 15) is 20.5 Å². The molecule has 0 radical (unpaired) electrons. The first-order chi connectivity index (χ1) is 10.4. The summed E-state index contributed by atoms with van der Waals surface area (Å²) < 4.78 is 0. The number of phenols is 1. The first-order valence-electron chi connectivity index (χ1n) is 5.97. The summed E-state index contributed by atoms with van der Waals surface area (Å²) in [7, 11) is 0. The molecule has 0 saturated carbocycles. The van der Waals surface area contributed by atoms with Crippen LogP contribution in [0.4, 0.5) is 5.69 Å². The summed E-state index contributed by atoms with van der Waals surface area (Å²) in [6, 6.07) is 10.3. The first kappa shape index (κ1) is 15.8. The Bertz CT molecular complexity index is 809. The number of phenolic OH excluding ortho intramolecular Hbond substituents is 1. The molecule has 22 heavy (non-hydrogen) atoms. The molecular formula is C15H8Cl2N2O3. The Morgan fingerprint density at radius 1 is 1.27 bits per heavy atom. The maximum absolute atomic E-state index is 10.6. The van der Waals surface area contributed by atoms with E-state index in [-0.39, 0.29) is 27.6 Å². The van der Waals surface area contributed by atoms with E-state index in [1.807, 2.05) is 6.07 Å². The molecule has 2 rings (SSSR count). The van der Waals surface area contributed by atoms with Gasteiger partial charge in [0.05, 0.1) is 21.6 Å². The average molecular weight is 335 g/mol. The lowest BCUT2D eigenvalue weighted by atomic mass is 10.0. The predicted octanol–water partition coefficient (Wildman–Crippen LogP) is 4.67. The lowest BCUT2D eigenvalue weighted by Crippen LogP contribution is -1.88. The van der Waals surface area contributed by atoms with Gasteiger partial charge in [0.1, 0.15) is 5.75 Å². The van der Waals surface area contributed by atoms with Gasteiger partial charge in [0.2, 0.25) is 0 Å². The van der Waals surface area contributed by atoms with Crippen LogP contribution in [0, 0.1) is 21.4 Å². The third-order valence-electron chi connectivity index (χ3n) is 2.87. The van der Waals surface area contributed by atoms with Crippen LogP contribution in [0.15, 0.2) is 36.4 Å². The Kier molecular flexibility index (Phi) is 4.66. The van der Waals surface area contributed by atoms with Crippen molar-refractivity contribution in [2.24, 2.45) is 0 Å². The number of hydrogen-bond acceptors (Lipinski definition) is 4. The zero-order valence-electron chi connectivity index (χ0n) is 11.0. The highest BCUT2D eigenvalue weighted by Gasteiger charge is 2.10. The molecule has 7 heteroatoms. The summed E-state index contributed by atoms with van der Waals surface area (Å²) in [6.45, 7) is 0. The molecule has 0 unspecified atom stereocenters. The van der Waals surface area contributed by atoms with Crippen LogP contribution < -0.4 is 0 Å². The molecule has 0 bridgehead atoms. The van der Waals surface area contributed by atoms with Gasteiger partial charge >= 0.3 is 0 Å². The molecule has 5 nitrogen and oxygen atoms in total.